The van der Waals surface area contributed by atoms with Crippen molar-refractivity contribution >= 4 is 23.4 Å². The number of nitrogens with zero attached hydrogens (tertiary/aromatic N) is 3. The lowest BCUT2D eigenvalue weighted by Gasteiger charge is -2.36. The van der Waals surface area contributed by atoms with E-state index < -0.39 is 6.10 Å². The van der Waals surface area contributed by atoms with Crippen LogP contribution in [0.2, 0.25) is 5.02 Å². The Hall–Kier alpha value is -3.38. The number of ether oxygens (including phenoxy) is 1. The summed E-state index contributed by atoms with van der Waals surface area (Å²) >= 11 is 5.97. The van der Waals surface area contributed by atoms with Gasteiger partial charge >= 0.3 is 0 Å². The number of hydrogen-bond acceptors (Lipinski definition) is 4. The average Bonchev–Trinajstić information content (AvgIpc) is 2.84. The molecule has 0 radical (unpaired) electrons. The summed E-state index contributed by atoms with van der Waals surface area (Å²) in [6.45, 7) is 1.89. The fourth-order valence-electron chi connectivity index (χ4n) is 3.65. The third-order valence-electron chi connectivity index (χ3n) is 5.40. The Labute approximate surface area is 192 Å². The Bertz CT molecular complexity index is 1040. The van der Waals surface area contributed by atoms with Crippen LogP contribution in [0, 0.1) is 0 Å². The first-order chi connectivity index (χ1) is 15.6. The van der Waals surface area contributed by atoms with Crippen molar-refractivity contribution in [1.82, 2.24) is 14.8 Å². The molecule has 4 rings (SSSR count). The fraction of sp³-hybridized carbons (Fsp3) is 0.240. The number of carbonyl (C=O) groups is 2. The highest BCUT2D eigenvalue weighted by Gasteiger charge is 2.31. The third kappa shape index (κ3) is 5.45. The van der Waals surface area contributed by atoms with Gasteiger partial charge in [-0.25, -0.2) is 0 Å². The molecule has 1 aromatic heterocycles. The van der Waals surface area contributed by atoms with Crippen LogP contribution in [0.3, 0.4) is 0 Å². The van der Waals surface area contributed by atoms with Crippen LogP contribution in [0.4, 0.5) is 0 Å². The van der Waals surface area contributed by atoms with Gasteiger partial charge in [-0.2, -0.15) is 0 Å². The minimum atomic E-state index is -0.770. The number of carbonyl (C=O) groups excluding carboxylic acids is 2. The van der Waals surface area contributed by atoms with Gasteiger partial charge in [0.25, 0.3) is 5.91 Å². The highest BCUT2D eigenvalue weighted by molar-refractivity contribution is 6.30. The first-order valence-electron chi connectivity index (χ1n) is 10.5. The summed E-state index contributed by atoms with van der Waals surface area (Å²) in [5.74, 6) is 0.469. The molecule has 1 atom stereocenters. The second-order valence-corrected chi connectivity index (χ2v) is 8.00. The highest BCUT2D eigenvalue weighted by Crippen LogP contribution is 2.26. The molecule has 164 valence electrons. The van der Waals surface area contributed by atoms with E-state index in [4.69, 9.17) is 16.3 Å². The number of rotatable bonds is 6. The van der Waals surface area contributed by atoms with Gasteiger partial charge in [0.1, 0.15) is 5.75 Å². The van der Waals surface area contributed by atoms with Crippen molar-refractivity contribution in [1.29, 1.82) is 0 Å². The molecule has 2 amide bonds. The van der Waals surface area contributed by atoms with Crippen molar-refractivity contribution in [2.24, 2.45) is 0 Å². The van der Waals surface area contributed by atoms with Crippen LogP contribution in [0.25, 0.3) is 0 Å². The SMILES string of the molecule is O=C(Cc1ccccn1)N1CCN(C(=O)C(Oc2ccc(Cl)cc2)c2ccccc2)CC1. The molecule has 3 aromatic rings. The Morgan fingerprint density at radius 2 is 1.53 bits per heavy atom. The zero-order valence-corrected chi connectivity index (χ0v) is 18.3. The number of benzene rings is 2. The van der Waals surface area contributed by atoms with Gasteiger partial charge in [-0.3, -0.25) is 14.6 Å². The topological polar surface area (TPSA) is 62.7 Å². The van der Waals surface area contributed by atoms with Crippen molar-refractivity contribution in [3.63, 3.8) is 0 Å². The predicted molar refractivity (Wildman–Crippen MR) is 122 cm³/mol. The van der Waals surface area contributed by atoms with Crippen LogP contribution < -0.4 is 4.74 Å². The summed E-state index contributed by atoms with van der Waals surface area (Å²) in [5.41, 5.74) is 1.53. The lowest BCUT2D eigenvalue weighted by atomic mass is 10.1. The van der Waals surface area contributed by atoms with Crippen molar-refractivity contribution in [2.75, 3.05) is 26.2 Å². The molecule has 32 heavy (non-hydrogen) atoms. The fourth-order valence-corrected chi connectivity index (χ4v) is 3.78. The third-order valence-corrected chi connectivity index (χ3v) is 5.65. The van der Waals surface area contributed by atoms with E-state index in [9.17, 15) is 9.59 Å². The summed E-state index contributed by atoms with van der Waals surface area (Å²) in [7, 11) is 0. The molecule has 0 saturated carbocycles. The lowest BCUT2D eigenvalue weighted by molar-refractivity contribution is -0.144. The van der Waals surface area contributed by atoms with Gasteiger partial charge in [0.15, 0.2) is 0 Å². The van der Waals surface area contributed by atoms with E-state index in [1.165, 1.54) is 0 Å². The molecule has 1 unspecified atom stereocenters. The standard InChI is InChI=1S/C25H24ClN3O3/c26-20-9-11-22(12-10-20)32-24(19-6-2-1-3-7-19)25(31)29-16-14-28(15-17-29)23(30)18-21-8-4-5-13-27-21/h1-13,24H,14-18H2. The molecule has 6 nitrogen and oxygen atoms in total. The summed E-state index contributed by atoms with van der Waals surface area (Å²) in [6, 6.07) is 21.9. The van der Waals surface area contributed by atoms with E-state index in [0.29, 0.717) is 37.0 Å². The second kappa shape index (κ2) is 10.3. The maximum absolute atomic E-state index is 13.4. The van der Waals surface area contributed by atoms with E-state index in [-0.39, 0.29) is 18.2 Å². The first kappa shape index (κ1) is 21.8. The molecule has 0 aliphatic carbocycles. The zero-order valence-electron chi connectivity index (χ0n) is 17.6. The van der Waals surface area contributed by atoms with Crippen molar-refractivity contribution in [2.45, 2.75) is 12.5 Å². The van der Waals surface area contributed by atoms with E-state index >= 15 is 0 Å². The normalized spacial score (nSPS) is 14.7. The first-order valence-corrected chi connectivity index (χ1v) is 10.9. The van der Waals surface area contributed by atoms with E-state index in [2.05, 4.69) is 4.98 Å². The van der Waals surface area contributed by atoms with Gasteiger partial charge in [-0.15, -0.1) is 0 Å². The number of pyridine rings is 1. The van der Waals surface area contributed by atoms with Crippen molar-refractivity contribution in [3.8, 4) is 5.75 Å². The van der Waals surface area contributed by atoms with E-state index in [1.807, 2.05) is 48.5 Å². The minimum Gasteiger partial charge on any atom is -0.476 e. The van der Waals surface area contributed by atoms with Crippen molar-refractivity contribution in [3.05, 3.63) is 95.3 Å². The molecule has 1 aliphatic rings. The molecule has 2 heterocycles. The van der Waals surface area contributed by atoms with Gasteiger partial charge in [0.05, 0.1) is 6.42 Å². The zero-order chi connectivity index (χ0) is 22.3. The number of amides is 2. The minimum absolute atomic E-state index is 0.0211. The number of piperazine rings is 1. The molecule has 2 aromatic carbocycles. The number of halogens is 1. The lowest BCUT2D eigenvalue weighted by Crippen LogP contribution is -2.52. The number of hydrogen-bond donors (Lipinski definition) is 0. The maximum atomic E-state index is 13.4. The van der Waals surface area contributed by atoms with E-state index in [0.717, 1.165) is 11.3 Å². The Morgan fingerprint density at radius 1 is 0.875 bits per heavy atom. The largest absolute Gasteiger partial charge is 0.476 e. The molecule has 1 fully saturated rings. The van der Waals surface area contributed by atoms with Crippen LogP contribution in [0.5, 0.6) is 5.75 Å². The number of aromatic nitrogens is 1. The van der Waals surface area contributed by atoms with Gasteiger partial charge in [0.2, 0.25) is 12.0 Å². The average molecular weight is 450 g/mol. The summed E-state index contributed by atoms with van der Waals surface area (Å²) < 4.78 is 6.09. The van der Waals surface area contributed by atoms with Crippen LogP contribution >= 0.6 is 11.6 Å². The van der Waals surface area contributed by atoms with Gasteiger partial charge in [-0.1, -0.05) is 48.0 Å². The van der Waals surface area contributed by atoms with Gasteiger partial charge in [0, 0.05) is 48.7 Å². The van der Waals surface area contributed by atoms with Gasteiger partial charge < -0.3 is 14.5 Å². The highest BCUT2D eigenvalue weighted by atomic mass is 35.5. The van der Waals surface area contributed by atoms with Crippen LogP contribution in [0.1, 0.15) is 17.4 Å². The summed E-state index contributed by atoms with van der Waals surface area (Å²) in [5, 5.41) is 0.603. The molecule has 0 spiro atoms. The molecule has 0 N–H and O–H groups in total. The summed E-state index contributed by atoms with van der Waals surface area (Å²) in [4.78, 5) is 33.8. The quantitative estimate of drug-likeness (QED) is 0.574. The molecule has 1 aliphatic heterocycles. The van der Waals surface area contributed by atoms with E-state index in [1.54, 1.807) is 40.3 Å². The summed E-state index contributed by atoms with van der Waals surface area (Å²) in [6.07, 6.45) is 1.18. The van der Waals surface area contributed by atoms with Crippen LogP contribution in [-0.4, -0.2) is 52.8 Å². The van der Waals surface area contributed by atoms with Gasteiger partial charge in [-0.05, 0) is 36.4 Å². The molecular weight excluding hydrogens is 426 g/mol. The van der Waals surface area contributed by atoms with Crippen LogP contribution in [0.15, 0.2) is 79.0 Å². The molecule has 0 bridgehead atoms. The Kier molecular flexibility index (Phi) is 7.02. The molecular formula is C25H24ClN3O3. The van der Waals surface area contributed by atoms with Crippen LogP contribution in [-0.2, 0) is 16.0 Å². The molecule has 1 saturated heterocycles. The maximum Gasteiger partial charge on any atom is 0.268 e. The predicted octanol–water partition coefficient (Wildman–Crippen LogP) is 3.77. The monoisotopic (exact) mass is 449 g/mol. The molecule has 7 heteroatoms. The van der Waals surface area contributed by atoms with Crippen molar-refractivity contribution < 1.29 is 14.3 Å². The second-order valence-electron chi connectivity index (χ2n) is 7.57. The Balaban J connectivity index is 1.41. The Morgan fingerprint density at radius 3 is 2.19 bits per heavy atom. The smallest absolute Gasteiger partial charge is 0.268 e.